The van der Waals surface area contributed by atoms with Crippen molar-refractivity contribution in [1.29, 1.82) is 0 Å². The van der Waals surface area contributed by atoms with Crippen LogP contribution in [-0.2, 0) is 11.0 Å². The Morgan fingerprint density at radius 2 is 1.90 bits per heavy atom. The molecule has 1 amide bonds. The van der Waals surface area contributed by atoms with Gasteiger partial charge >= 0.3 is 6.18 Å². The Hall–Kier alpha value is -3.36. The maximum absolute atomic E-state index is 12.7. The largest absolute Gasteiger partial charge is 0.463 e. The maximum Gasteiger partial charge on any atom is 0.416 e. The van der Waals surface area contributed by atoms with Gasteiger partial charge in [-0.1, -0.05) is 0 Å². The molecule has 1 aromatic carbocycles. The van der Waals surface area contributed by atoms with Crippen molar-refractivity contribution in [2.75, 3.05) is 23.3 Å². The lowest BCUT2D eigenvalue weighted by atomic mass is 9.97. The van der Waals surface area contributed by atoms with Crippen molar-refractivity contribution in [1.82, 2.24) is 10.2 Å². The zero-order chi connectivity index (χ0) is 21.1. The van der Waals surface area contributed by atoms with Crippen LogP contribution >= 0.6 is 0 Å². The minimum atomic E-state index is -4.40. The van der Waals surface area contributed by atoms with Gasteiger partial charge in [-0.15, -0.1) is 10.2 Å². The van der Waals surface area contributed by atoms with Crippen LogP contribution in [0.25, 0.3) is 11.5 Å². The van der Waals surface area contributed by atoms with Gasteiger partial charge in [0.15, 0.2) is 11.6 Å². The quantitative estimate of drug-likeness (QED) is 0.673. The van der Waals surface area contributed by atoms with Crippen molar-refractivity contribution in [3.63, 3.8) is 0 Å². The van der Waals surface area contributed by atoms with Crippen LogP contribution in [0, 0.1) is 5.92 Å². The van der Waals surface area contributed by atoms with Gasteiger partial charge in [0.1, 0.15) is 5.69 Å². The van der Waals surface area contributed by atoms with E-state index >= 15 is 0 Å². The third-order valence-electron chi connectivity index (χ3n) is 5.02. The number of hydrogen-bond acceptors (Lipinski definition) is 5. The van der Waals surface area contributed by atoms with Crippen LogP contribution in [0.1, 0.15) is 18.4 Å². The normalized spacial score (nSPS) is 17.0. The lowest BCUT2D eigenvalue weighted by Crippen LogP contribution is -2.41. The molecule has 4 rings (SSSR count). The predicted octanol–water partition coefficient (Wildman–Crippen LogP) is 4.61. The lowest BCUT2D eigenvalue weighted by molar-refractivity contribution is -0.137. The molecule has 0 saturated carbocycles. The summed E-state index contributed by atoms with van der Waals surface area (Å²) in [5.41, 5.74) is 0.214. The standard InChI is InChI=1S/C21H19F3N4O2/c22-21(23,24)15-5-7-16(8-6-15)25-20(29)14-3-1-11-28(13-14)19-10-9-17(26-27-19)18-4-2-12-30-18/h2,4-10,12,14H,1,3,11,13H2,(H,25,29)/t14-/m0/s1. The van der Waals surface area contributed by atoms with Gasteiger partial charge in [0.05, 0.1) is 17.7 Å². The first kappa shape index (κ1) is 19.9. The molecule has 0 unspecified atom stereocenters. The molecule has 0 bridgehead atoms. The van der Waals surface area contributed by atoms with E-state index in [9.17, 15) is 18.0 Å². The van der Waals surface area contributed by atoms with E-state index in [1.807, 2.05) is 17.0 Å². The van der Waals surface area contributed by atoms with Crippen molar-refractivity contribution in [2.45, 2.75) is 19.0 Å². The fourth-order valence-corrected chi connectivity index (χ4v) is 3.44. The van der Waals surface area contributed by atoms with Gasteiger partial charge in [-0.2, -0.15) is 13.2 Å². The Labute approximate surface area is 170 Å². The summed E-state index contributed by atoms with van der Waals surface area (Å²) in [6, 6.07) is 11.7. The van der Waals surface area contributed by atoms with Crippen molar-refractivity contribution < 1.29 is 22.4 Å². The number of rotatable bonds is 4. The number of nitrogens with zero attached hydrogens (tertiary/aromatic N) is 3. The number of furan rings is 1. The van der Waals surface area contributed by atoms with Crippen LogP contribution in [0.2, 0.25) is 0 Å². The van der Waals surface area contributed by atoms with E-state index in [-0.39, 0.29) is 11.8 Å². The van der Waals surface area contributed by atoms with Crippen molar-refractivity contribution in [3.05, 3.63) is 60.4 Å². The van der Waals surface area contributed by atoms with E-state index in [0.29, 0.717) is 35.9 Å². The molecule has 0 aliphatic carbocycles. The molecule has 3 aromatic rings. The summed E-state index contributed by atoms with van der Waals surface area (Å²) < 4.78 is 43.3. The van der Waals surface area contributed by atoms with E-state index in [2.05, 4.69) is 15.5 Å². The Bertz CT molecular complexity index is 987. The number of piperidine rings is 1. The topological polar surface area (TPSA) is 71.3 Å². The summed E-state index contributed by atoms with van der Waals surface area (Å²) in [6.07, 6.45) is -1.34. The second-order valence-corrected chi connectivity index (χ2v) is 7.10. The van der Waals surface area contributed by atoms with E-state index in [1.54, 1.807) is 18.4 Å². The van der Waals surface area contributed by atoms with Crippen molar-refractivity contribution in [2.24, 2.45) is 5.92 Å². The Kier molecular flexibility index (Phi) is 5.43. The van der Waals surface area contributed by atoms with E-state index in [4.69, 9.17) is 4.42 Å². The average molecular weight is 416 g/mol. The number of alkyl halides is 3. The van der Waals surface area contributed by atoms with Gasteiger partial charge in [-0.25, -0.2) is 0 Å². The smallest absolute Gasteiger partial charge is 0.416 e. The molecular formula is C21H19F3N4O2. The first-order valence-corrected chi connectivity index (χ1v) is 9.51. The van der Waals surface area contributed by atoms with E-state index in [0.717, 1.165) is 25.1 Å². The fraction of sp³-hybridized carbons (Fsp3) is 0.286. The highest BCUT2D eigenvalue weighted by molar-refractivity contribution is 5.93. The molecule has 156 valence electrons. The number of aromatic nitrogens is 2. The molecule has 6 nitrogen and oxygen atoms in total. The third-order valence-corrected chi connectivity index (χ3v) is 5.02. The van der Waals surface area contributed by atoms with Gasteiger partial charge in [0.25, 0.3) is 0 Å². The molecular weight excluding hydrogens is 397 g/mol. The SMILES string of the molecule is O=C(Nc1ccc(C(F)(F)F)cc1)[C@H]1CCCN(c2ccc(-c3ccco3)nn2)C1. The summed E-state index contributed by atoms with van der Waals surface area (Å²) in [4.78, 5) is 14.6. The number of hydrogen-bond donors (Lipinski definition) is 1. The monoisotopic (exact) mass is 416 g/mol. The number of benzene rings is 1. The van der Waals surface area contributed by atoms with Crippen molar-refractivity contribution in [3.8, 4) is 11.5 Å². The number of amides is 1. The van der Waals surface area contributed by atoms with Crippen molar-refractivity contribution >= 4 is 17.4 Å². The summed E-state index contributed by atoms with van der Waals surface area (Å²) >= 11 is 0. The van der Waals surface area contributed by atoms with Crippen LogP contribution in [0.15, 0.2) is 59.2 Å². The van der Waals surface area contributed by atoms with Crippen LogP contribution in [0.5, 0.6) is 0 Å². The fourth-order valence-electron chi connectivity index (χ4n) is 3.44. The molecule has 1 saturated heterocycles. The first-order chi connectivity index (χ1) is 14.4. The molecule has 0 radical (unpaired) electrons. The Balaban J connectivity index is 1.39. The van der Waals surface area contributed by atoms with Crippen LogP contribution in [0.3, 0.4) is 0 Å². The molecule has 1 aliphatic heterocycles. The average Bonchev–Trinajstić information content (AvgIpc) is 3.29. The van der Waals surface area contributed by atoms with Crippen LogP contribution in [0.4, 0.5) is 24.7 Å². The number of carbonyl (C=O) groups excluding carboxylic acids is 1. The second-order valence-electron chi connectivity index (χ2n) is 7.10. The molecule has 1 fully saturated rings. The van der Waals surface area contributed by atoms with Gasteiger partial charge in [0.2, 0.25) is 5.91 Å². The molecule has 1 N–H and O–H groups in total. The third kappa shape index (κ3) is 4.45. The number of nitrogens with one attached hydrogen (secondary N) is 1. The number of carbonyl (C=O) groups is 1. The molecule has 2 aromatic heterocycles. The van der Waals surface area contributed by atoms with Gasteiger partial charge in [-0.3, -0.25) is 4.79 Å². The minimum absolute atomic E-state index is 0.223. The summed E-state index contributed by atoms with van der Waals surface area (Å²) in [6.45, 7) is 1.21. The van der Waals surface area contributed by atoms with Gasteiger partial charge < -0.3 is 14.6 Å². The van der Waals surface area contributed by atoms with Gasteiger partial charge in [0, 0.05) is 18.8 Å². The molecule has 0 spiro atoms. The predicted molar refractivity (Wildman–Crippen MR) is 105 cm³/mol. The van der Waals surface area contributed by atoms with E-state index in [1.165, 1.54) is 12.1 Å². The molecule has 30 heavy (non-hydrogen) atoms. The summed E-state index contributed by atoms with van der Waals surface area (Å²) in [7, 11) is 0. The zero-order valence-corrected chi connectivity index (χ0v) is 15.9. The molecule has 9 heteroatoms. The maximum atomic E-state index is 12.7. The summed E-state index contributed by atoms with van der Waals surface area (Å²) in [5, 5.41) is 11.1. The van der Waals surface area contributed by atoms with Crippen LogP contribution in [-0.4, -0.2) is 29.2 Å². The molecule has 1 atom stereocenters. The minimum Gasteiger partial charge on any atom is -0.463 e. The Morgan fingerprint density at radius 1 is 1.10 bits per heavy atom. The highest BCUT2D eigenvalue weighted by atomic mass is 19.4. The lowest BCUT2D eigenvalue weighted by Gasteiger charge is -2.32. The highest BCUT2D eigenvalue weighted by Gasteiger charge is 2.30. The van der Waals surface area contributed by atoms with E-state index < -0.39 is 11.7 Å². The first-order valence-electron chi connectivity index (χ1n) is 9.51. The molecule has 1 aliphatic rings. The van der Waals surface area contributed by atoms with Gasteiger partial charge in [-0.05, 0) is 61.4 Å². The zero-order valence-electron chi connectivity index (χ0n) is 15.9. The number of halogens is 3. The highest BCUT2D eigenvalue weighted by Crippen LogP contribution is 2.30. The Morgan fingerprint density at radius 3 is 2.53 bits per heavy atom. The number of anilines is 2. The van der Waals surface area contributed by atoms with Crippen LogP contribution < -0.4 is 10.2 Å². The second kappa shape index (κ2) is 8.17. The summed E-state index contributed by atoms with van der Waals surface area (Å²) in [5.74, 6) is 0.769. The molecule has 3 heterocycles.